The van der Waals surface area contributed by atoms with Crippen LogP contribution in [0.4, 0.5) is 0 Å². The number of carbonyl (C=O) groups excluding carboxylic acids is 1. The van der Waals surface area contributed by atoms with Crippen molar-refractivity contribution in [3.05, 3.63) is 34.7 Å². The van der Waals surface area contributed by atoms with Crippen LogP contribution in [-0.4, -0.2) is 14.9 Å². The van der Waals surface area contributed by atoms with Crippen molar-refractivity contribution in [1.29, 1.82) is 0 Å². The molecule has 0 atom stereocenters. The molecular weight excluding hydrogens is 240 g/mol. The van der Waals surface area contributed by atoms with Crippen LogP contribution in [0.3, 0.4) is 0 Å². The number of ketones is 1. The average molecular weight is 260 g/mol. The van der Waals surface area contributed by atoms with E-state index < -0.39 is 5.41 Å². The largest absolute Gasteiger partial charge is 0.329 e. The second kappa shape index (κ2) is 4.68. The fourth-order valence-corrected chi connectivity index (χ4v) is 2.11. The number of para-hydroxylation sites is 2. The SMILES string of the molecule is CCn1c(=O)n(CC(=O)C(C)(C)C)c2ccccc21. The zero-order valence-electron chi connectivity index (χ0n) is 11.9. The molecule has 0 radical (unpaired) electrons. The van der Waals surface area contributed by atoms with Gasteiger partial charge in [0.1, 0.15) is 0 Å². The number of aryl methyl sites for hydroxylation is 1. The van der Waals surface area contributed by atoms with Gasteiger partial charge in [0.05, 0.1) is 17.6 Å². The third-order valence-electron chi connectivity index (χ3n) is 3.38. The van der Waals surface area contributed by atoms with E-state index >= 15 is 0 Å². The van der Waals surface area contributed by atoms with Gasteiger partial charge in [-0.1, -0.05) is 32.9 Å². The summed E-state index contributed by atoms with van der Waals surface area (Å²) in [6.07, 6.45) is 0. The minimum Gasteiger partial charge on any atom is -0.297 e. The van der Waals surface area contributed by atoms with Crippen molar-refractivity contribution < 1.29 is 4.79 Å². The van der Waals surface area contributed by atoms with E-state index in [1.807, 2.05) is 52.0 Å². The van der Waals surface area contributed by atoms with Gasteiger partial charge in [0.2, 0.25) is 0 Å². The molecule has 1 heterocycles. The summed E-state index contributed by atoms with van der Waals surface area (Å²) in [4.78, 5) is 24.5. The lowest BCUT2D eigenvalue weighted by atomic mass is 9.91. The summed E-state index contributed by atoms with van der Waals surface area (Å²) in [5, 5.41) is 0. The maximum Gasteiger partial charge on any atom is 0.329 e. The van der Waals surface area contributed by atoms with Crippen LogP contribution in [0.15, 0.2) is 29.1 Å². The average Bonchev–Trinajstić information content (AvgIpc) is 2.61. The lowest BCUT2D eigenvalue weighted by Gasteiger charge is -2.16. The van der Waals surface area contributed by atoms with Gasteiger partial charge in [0.15, 0.2) is 5.78 Å². The first-order valence-electron chi connectivity index (χ1n) is 6.57. The number of rotatable bonds is 3. The van der Waals surface area contributed by atoms with Crippen molar-refractivity contribution in [3.8, 4) is 0 Å². The Hall–Kier alpha value is -1.84. The third-order valence-corrected chi connectivity index (χ3v) is 3.38. The molecule has 1 aromatic carbocycles. The van der Waals surface area contributed by atoms with Crippen LogP contribution in [0.25, 0.3) is 11.0 Å². The van der Waals surface area contributed by atoms with Crippen molar-refractivity contribution in [1.82, 2.24) is 9.13 Å². The number of imidazole rings is 1. The molecule has 2 rings (SSSR count). The van der Waals surface area contributed by atoms with Crippen LogP contribution in [0.1, 0.15) is 27.7 Å². The third kappa shape index (κ3) is 2.35. The minimum absolute atomic E-state index is 0.0635. The molecule has 0 saturated carbocycles. The number of Topliss-reactive ketones (excluding diaryl/α,β-unsaturated/α-hetero) is 1. The van der Waals surface area contributed by atoms with Crippen LogP contribution in [0, 0.1) is 5.41 Å². The van der Waals surface area contributed by atoms with Gasteiger partial charge in [-0.05, 0) is 19.1 Å². The van der Waals surface area contributed by atoms with Crippen LogP contribution in [0.2, 0.25) is 0 Å². The van der Waals surface area contributed by atoms with Crippen molar-refractivity contribution in [2.75, 3.05) is 0 Å². The molecule has 0 aliphatic rings. The van der Waals surface area contributed by atoms with E-state index in [9.17, 15) is 9.59 Å². The number of fused-ring (bicyclic) bond motifs is 1. The Morgan fingerprint density at radius 2 is 1.63 bits per heavy atom. The number of benzene rings is 1. The number of aromatic nitrogens is 2. The van der Waals surface area contributed by atoms with Gasteiger partial charge >= 0.3 is 5.69 Å². The Labute approximate surface area is 112 Å². The molecule has 0 amide bonds. The summed E-state index contributed by atoms with van der Waals surface area (Å²) in [6, 6.07) is 7.60. The van der Waals surface area contributed by atoms with Crippen molar-refractivity contribution >= 4 is 16.8 Å². The van der Waals surface area contributed by atoms with E-state index in [0.29, 0.717) is 6.54 Å². The predicted octanol–water partition coefficient (Wildman–Crippen LogP) is 2.44. The van der Waals surface area contributed by atoms with Gasteiger partial charge in [-0.15, -0.1) is 0 Å². The standard InChI is InChI=1S/C15H20N2O2/c1-5-16-11-8-6-7-9-12(11)17(14(16)19)10-13(18)15(2,3)4/h6-9H,5,10H2,1-4H3. The lowest BCUT2D eigenvalue weighted by Crippen LogP contribution is -2.31. The van der Waals surface area contributed by atoms with Gasteiger partial charge in [-0.25, -0.2) is 4.79 Å². The molecule has 0 N–H and O–H groups in total. The van der Waals surface area contributed by atoms with Crippen LogP contribution >= 0.6 is 0 Å². The van der Waals surface area contributed by atoms with Crippen LogP contribution in [-0.2, 0) is 17.9 Å². The highest BCUT2D eigenvalue weighted by molar-refractivity contribution is 5.85. The molecule has 0 aliphatic heterocycles. The Morgan fingerprint density at radius 3 is 2.11 bits per heavy atom. The highest BCUT2D eigenvalue weighted by Crippen LogP contribution is 2.18. The van der Waals surface area contributed by atoms with E-state index in [1.54, 1.807) is 9.13 Å². The van der Waals surface area contributed by atoms with Gasteiger partial charge in [-0.3, -0.25) is 13.9 Å². The molecule has 0 spiro atoms. The molecule has 0 bridgehead atoms. The first kappa shape index (κ1) is 13.6. The first-order chi connectivity index (χ1) is 8.86. The number of hydrogen-bond donors (Lipinski definition) is 0. The maximum absolute atomic E-state index is 12.4. The van der Waals surface area contributed by atoms with Gasteiger partial charge in [0, 0.05) is 12.0 Å². The molecule has 0 saturated heterocycles. The second-order valence-corrected chi connectivity index (χ2v) is 5.77. The fourth-order valence-electron chi connectivity index (χ4n) is 2.11. The summed E-state index contributed by atoms with van der Waals surface area (Å²) >= 11 is 0. The van der Waals surface area contributed by atoms with E-state index in [-0.39, 0.29) is 18.0 Å². The molecule has 1 aromatic heterocycles. The lowest BCUT2D eigenvalue weighted by molar-refractivity contribution is -0.126. The Balaban J connectivity index is 2.58. The maximum atomic E-state index is 12.4. The highest BCUT2D eigenvalue weighted by Gasteiger charge is 2.23. The van der Waals surface area contributed by atoms with Gasteiger partial charge < -0.3 is 0 Å². The molecule has 0 aliphatic carbocycles. The van der Waals surface area contributed by atoms with Crippen molar-refractivity contribution in [2.24, 2.45) is 5.41 Å². The normalized spacial score (nSPS) is 12.0. The smallest absolute Gasteiger partial charge is 0.297 e. The Bertz CT molecular complexity index is 671. The Kier molecular flexibility index (Phi) is 3.35. The topological polar surface area (TPSA) is 44.0 Å². The number of hydrogen-bond acceptors (Lipinski definition) is 2. The summed E-state index contributed by atoms with van der Waals surface area (Å²) in [7, 11) is 0. The molecule has 19 heavy (non-hydrogen) atoms. The number of carbonyl (C=O) groups is 1. The van der Waals surface area contributed by atoms with E-state index in [4.69, 9.17) is 0 Å². The highest BCUT2D eigenvalue weighted by atomic mass is 16.2. The molecule has 0 unspecified atom stereocenters. The molecule has 102 valence electrons. The molecular formula is C15H20N2O2. The monoisotopic (exact) mass is 260 g/mol. The molecule has 0 fully saturated rings. The van der Waals surface area contributed by atoms with E-state index in [1.165, 1.54) is 0 Å². The summed E-state index contributed by atoms with van der Waals surface area (Å²) in [6.45, 7) is 8.30. The minimum atomic E-state index is -0.436. The first-order valence-corrected chi connectivity index (χ1v) is 6.57. The zero-order valence-corrected chi connectivity index (χ0v) is 11.9. The zero-order chi connectivity index (χ0) is 14.2. The fraction of sp³-hybridized carbons (Fsp3) is 0.467. The summed E-state index contributed by atoms with van der Waals surface area (Å²) in [5.41, 5.74) is 1.17. The predicted molar refractivity (Wildman–Crippen MR) is 76.3 cm³/mol. The van der Waals surface area contributed by atoms with E-state index in [0.717, 1.165) is 11.0 Å². The summed E-state index contributed by atoms with van der Waals surface area (Å²) in [5.74, 6) is 0.0635. The van der Waals surface area contributed by atoms with Crippen LogP contribution in [0.5, 0.6) is 0 Å². The second-order valence-electron chi connectivity index (χ2n) is 5.77. The Morgan fingerprint density at radius 1 is 1.11 bits per heavy atom. The van der Waals surface area contributed by atoms with Crippen LogP contribution < -0.4 is 5.69 Å². The summed E-state index contributed by atoms with van der Waals surface area (Å²) < 4.78 is 3.28. The van der Waals surface area contributed by atoms with Crippen molar-refractivity contribution in [2.45, 2.75) is 40.8 Å². The molecule has 4 heteroatoms. The quantitative estimate of drug-likeness (QED) is 0.850. The molecule has 4 nitrogen and oxygen atoms in total. The molecule has 2 aromatic rings. The number of nitrogens with zero attached hydrogens (tertiary/aromatic N) is 2. The van der Waals surface area contributed by atoms with Gasteiger partial charge in [-0.2, -0.15) is 0 Å². The van der Waals surface area contributed by atoms with Crippen molar-refractivity contribution in [3.63, 3.8) is 0 Å². The van der Waals surface area contributed by atoms with Gasteiger partial charge in [0.25, 0.3) is 0 Å². The van der Waals surface area contributed by atoms with E-state index in [2.05, 4.69) is 0 Å².